The highest BCUT2D eigenvalue weighted by Crippen LogP contribution is 2.30. The zero-order valence-electron chi connectivity index (χ0n) is 9.74. The molecule has 4 N–H and O–H groups in total. The summed E-state index contributed by atoms with van der Waals surface area (Å²) in [7, 11) is 1.61. The molecule has 0 radical (unpaired) electrons. The Balaban J connectivity index is 2.95. The zero-order valence-corrected chi connectivity index (χ0v) is 10.5. The van der Waals surface area contributed by atoms with Crippen LogP contribution in [-0.2, 0) is 0 Å². The van der Waals surface area contributed by atoms with E-state index in [0.29, 0.717) is 11.6 Å². The van der Waals surface area contributed by atoms with Gasteiger partial charge in [-0.25, -0.2) is 0 Å². The van der Waals surface area contributed by atoms with E-state index in [0.717, 1.165) is 17.7 Å². The molecular weight excluding hydrogens is 224 g/mol. The summed E-state index contributed by atoms with van der Waals surface area (Å²) in [6, 6.07) is 5.43. The molecule has 4 heteroatoms. The Morgan fingerprint density at radius 1 is 1.44 bits per heavy atom. The predicted octanol–water partition coefficient (Wildman–Crippen LogP) is 2.33. The summed E-state index contributed by atoms with van der Waals surface area (Å²) in [6.07, 6.45) is 0.944. The lowest BCUT2D eigenvalue weighted by Crippen LogP contribution is -2.27. The third kappa shape index (κ3) is 2.88. The van der Waals surface area contributed by atoms with Crippen LogP contribution in [0.15, 0.2) is 18.2 Å². The summed E-state index contributed by atoms with van der Waals surface area (Å²) < 4.78 is 5.09. The molecule has 0 aromatic heterocycles. The van der Waals surface area contributed by atoms with Gasteiger partial charge in [-0.2, -0.15) is 0 Å². The van der Waals surface area contributed by atoms with Crippen LogP contribution < -0.4 is 16.2 Å². The van der Waals surface area contributed by atoms with Crippen LogP contribution in [0, 0.1) is 5.92 Å². The first-order chi connectivity index (χ1) is 7.63. The number of hydrogen-bond donors (Lipinski definition) is 2. The SMILES string of the molecule is CCC(CN)C(N)c1ccc(OC)cc1Cl. The van der Waals surface area contributed by atoms with Gasteiger partial charge in [-0.15, -0.1) is 0 Å². The first-order valence-corrected chi connectivity index (χ1v) is 5.80. The second-order valence-electron chi connectivity index (χ2n) is 3.82. The molecule has 0 aliphatic rings. The van der Waals surface area contributed by atoms with Gasteiger partial charge in [0.25, 0.3) is 0 Å². The molecule has 0 heterocycles. The fourth-order valence-electron chi connectivity index (χ4n) is 1.73. The molecule has 0 aliphatic carbocycles. The van der Waals surface area contributed by atoms with E-state index in [9.17, 15) is 0 Å². The Morgan fingerprint density at radius 3 is 2.56 bits per heavy atom. The standard InChI is InChI=1S/C12H19ClN2O/c1-3-8(7-14)12(15)10-5-4-9(16-2)6-11(10)13/h4-6,8,12H,3,7,14-15H2,1-2H3. The highest BCUT2D eigenvalue weighted by molar-refractivity contribution is 6.31. The van der Waals surface area contributed by atoms with Crippen molar-refractivity contribution in [2.75, 3.05) is 13.7 Å². The van der Waals surface area contributed by atoms with Crippen LogP contribution >= 0.6 is 11.6 Å². The summed E-state index contributed by atoms with van der Waals surface area (Å²) in [4.78, 5) is 0. The maximum atomic E-state index is 6.16. The lowest BCUT2D eigenvalue weighted by atomic mass is 9.91. The van der Waals surface area contributed by atoms with Crippen molar-refractivity contribution in [1.82, 2.24) is 0 Å². The molecule has 0 bridgehead atoms. The van der Waals surface area contributed by atoms with E-state index in [4.69, 9.17) is 27.8 Å². The first kappa shape index (κ1) is 13.3. The van der Waals surface area contributed by atoms with Gasteiger partial charge in [0.2, 0.25) is 0 Å². The van der Waals surface area contributed by atoms with Gasteiger partial charge in [-0.05, 0) is 30.2 Å². The summed E-state index contributed by atoms with van der Waals surface area (Å²) in [5, 5.41) is 0.638. The van der Waals surface area contributed by atoms with Crippen molar-refractivity contribution in [3.8, 4) is 5.75 Å². The molecule has 0 saturated carbocycles. The summed E-state index contributed by atoms with van der Waals surface area (Å²) in [5.41, 5.74) is 12.8. The molecular formula is C12H19ClN2O. The van der Waals surface area contributed by atoms with Crippen molar-refractivity contribution in [3.05, 3.63) is 28.8 Å². The second kappa shape index (κ2) is 6.09. The lowest BCUT2D eigenvalue weighted by molar-refractivity contribution is 0.411. The number of ether oxygens (including phenoxy) is 1. The third-order valence-electron chi connectivity index (χ3n) is 2.90. The maximum Gasteiger partial charge on any atom is 0.120 e. The zero-order chi connectivity index (χ0) is 12.1. The second-order valence-corrected chi connectivity index (χ2v) is 4.22. The van der Waals surface area contributed by atoms with E-state index in [1.165, 1.54) is 0 Å². The largest absolute Gasteiger partial charge is 0.497 e. The van der Waals surface area contributed by atoms with Gasteiger partial charge in [0.15, 0.2) is 0 Å². The summed E-state index contributed by atoms with van der Waals surface area (Å²) in [6.45, 7) is 2.65. The van der Waals surface area contributed by atoms with E-state index in [2.05, 4.69) is 6.92 Å². The van der Waals surface area contributed by atoms with Crippen molar-refractivity contribution >= 4 is 11.6 Å². The molecule has 0 spiro atoms. The number of benzene rings is 1. The molecule has 2 unspecified atom stereocenters. The number of methoxy groups -OCH3 is 1. The monoisotopic (exact) mass is 242 g/mol. The fourth-order valence-corrected chi connectivity index (χ4v) is 2.02. The molecule has 1 rings (SSSR count). The van der Waals surface area contributed by atoms with Gasteiger partial charge >= 0.3 is 0 Å². The van der Waals surface area contributed by atoms with Gasteiger partial charge in [0.05, 0.1) is 7.11 Å². The van der Waals surface area contributed by atoms with Gasteiger partial charge in [0, 0.05) is 11.1 Å². The normalized spacial score (nSPS) is 14.6. The van der Waals surface area contributed by atoms with Crippen LogP contribution in [0.2, 0.25) is 5.02 Å². The molecule has 2 atom stereocenters. The van der Waals surface area contributed by atoms with E-state index < -0.39 is 0 Å². The van der Waals surface area contributed by atoms with Gasteiger partial charge in [0.1, 0.15) is 5.75 Å². The van der Waals surface area contributed by atoms with Crippen molar-refractivity contribution in [2.24, 2.45) is 17.4 Å². The molecule has 16 heavy (non-hydrogen) atoms. The minimum absolute atomic E-state index is 0.117. The molecule has 3 nitrogen and oxygen atoms in total. The first-order valence-electron chi connectivity index (χ1n) is 5.43. The molecule has 0 saturated heterocycles. The Hall–Kier alpha value is -0.770. The number of hydrogen-bond acceptors (Lipinski definition) is 3. The van der Waals surface area contributed by atoms with E-state index in [-0.39, 0.29) is 12.0 Å². The number of nitrogens with two attached hydrogens (primary N) is 2. The molecule has 1 aromatic rings. The predicted molar refractivity (Wildman–Crippen MR) is 67.8 cm³/mol. The van der Waals surface area contributed by atoms with Crippen LogP contribution in [0.5, 0.6) is 5.75 Å². The highest BCUT2D eigenvalue weighted by Gasteiger charge is 2.18. The minimum atomic E-state index is -0.117. The van der Waals surface area contributed by atoms with E-state index in [1.807, 2.05) is 12.1 Å². The molecule has 0 aliphatic heterocycles. The average molecular weight is 243 g/mol. The van der Waals surface area contributed by atoms with Crippen molar-refractivity contribution in [3.63, 3.8) is 0 Å². The van der Waals surface area contributed by atoms with Crippen molar-refractivity contribution in [2.45, 2.75) is 19.4 Å². The average Bonchev–Trinajstić information content (AvgIpc) is 2.30. The molecule has 1 aromatic carbocycles. The maximum absolute atomic E-state index is 6.16. The Morgan fingerprint density at radius 2 is 2.12 bits per heavy atom. The third-order valence-corrected chi connectivity index (χ3v) is 3.23. The van der Waals surface area contributed by atoms with Crippen LogP contribution in [-0.4, -0.2) is 13.7 Å². The van der Waals surface area contributed by atoms with Gasteiger partial charge in [-0.3, -0.25) is 0 Å². The van der Waals surface area contributed by atoms with Crippen LogP contribution in [0.4, 0.5) is 0 Å². The Kier molecular flexibility index (Phi) is 5.06. The highest BCUT2D eigenvalue weighted by atomic mass is 35.5. The number of rotatable bonds is 5. The van der Waals surface area contributed by atoms with Gasteiger partial charge < -0.3 is 16.2 Å². The summed E-state index contributed by atoms with van der Waals surface area (Å²) >= 11 is 6.16. The fraction of sp³-hybridized carbons (Fsp3) is 0.500. The van der Waals surface area contributed by atoms with Crippen LogP contribution in [0.1, 0.15) is 24.9 Å². The minimum Gasteiger partial charge on any atom is -0.497 e. The van der Waals surface area contributed by atoms with Crippen LogP contribution in [0.3, 0.4) is 0 Å². The smallest absolute Gasteiger partial charge is 0.120 e. The number of halogens is 1. The topological polar surface area (TPSA) is 61.3 Å². The summed E-state index contributed by atoms with van der Waals surface area (Å²) in [5.74, 6) is 0.993. The van der Waals surface area contributed by atoms with E-state index in [1.54, 1.807) is 13.2 Å². The van der Waals surface area contributed by atoms with Crippen molar-refractivity contribution < 1.29 is 4.74 Å². The molecule has 0 amide bonds. The van der Waals surface area contributed by atoms with Crippen LogP contribution in [0.25, 0.3) is 0 Å². The molecule has 90 valence electrons. The molecule has 0 fully saturated rings. The van der Waals surface area contributed by atoms with Gasteiger partial charge in [-0.1, -0.05) is 31.0 Å². The Bertz CT molecular complexity index is 340. The lowest BCUT2D eigenvalue weighted by Gasteiger charge is -2.22. The van der Waals surface area contributed by atoms with Crippen molar-refractivity contribution in [1.29, 1.82) is 0 Å². The quantitative estimate of drug-likeness (QED) is 0.833. The van der Waals surface area contributed by atoms with E-state index >= 15 is 0 Å². The Labute approximate surface area is 102 Å².